The van der Waals surface area contributed by atoms with E-state index < -0.39 is 10.0 Å². The summed E-state index contributed by atoms with van der Waals surface area (Å²) in [5, 5.41) is 3.06. The summed E-state index contributed by atoms with van der Waals surface area (Å²) in [6.45, 7) is 4.75. The van der Waals surface area contributed by atoms with E-state index in [-0.39, 0.29) is 12.1 Å². The number of rotatable bonds is 4. The molecule has 1 saturated heterocycles. The van der Waals surface area contributed by atoms with Gasteiger partial charge in [0.25, 0.3) is 0 Å². The molecule has 20 heavy (non-hydrogen) atoms. The molecule has 2 rings (SSSR count). The Balaban J connectivity index is 2.29. The average molecular weight is 296 g/mol. The molecule has 2 atom stereocenters. The van der Waals surface area contributed by atoms with Crippen LogP contribution < -0.4 is 5.32 Å². The molecular weight excluding hydrogens is 272 g/mol. The van der Waals surface area contributed by atoms with Gasteiger partial charge in [0.05, 0.1) is 4.90 Å². The molecule has 0 aromatic heterocycles. The van der Waals surface area contributed by atoms with Gasteiger partial charge in [0.2, 0.25) is 10.0 Å². The van der Waals surface area contributed by atoms with Gasteiger partial charge in [0.15, 0.2) is 0 Å². The fraction of sp³-hybridized carbons (Fsp3) is 0.600. The van der Waals surface area contributed by atoms with Gasteiger partial charge in [-0.05, 0) is 51.4 Å². The SMILES string of the molecule is CNCc1ccc(S(=O)(=O)N2C(C)CCCC2C)cc1. The first-order valence-corrected chi connectivity index (χ1v) is 8.68. The lowest BCUT2D eigenvalue weighted by atomic mass is 10.0. The second-order valence-electron chi connectivity index (χ2n) is 5.64. The minimum atomic E-state index is -3.38. The van der Waals surface area contributed by atoms with Crippen molar-refractivity contribution >= 4 is 10.0 Å². The van der Waals surface area contributed by atoms with Gasteiger partial charge in [-0.25, -0.2) is 8.42 Å². The number of nitrogens with one attached hydrogen (secondary N) is 1. The maximum absolute atomic E-state index is 12.8. The van der Waals surface area contributed by atoms with Gasteiger partial charge in [0.1, 0.15) is 0 Å². The molecule has 0 spiro atoms. The Labute approximate surface area is 122 Å². The Kier molecular flexibility index (Phi) is 4.83. The van der Waals surface area contributed by atoms with Crippen LogP contribution in [0, 0.1) is 0 Å². The molecular formula is C15H24N2O2S. The van der Waals surface area contributed by atoms with E-state index in [2.05, 4.69) is 5.32 Å². The quantitative estimate of drug-likeness (QED) is 0.928. The van der Waals surface area contributed by atoms with Crippen LogP contribution in [0.15, 0.2) is 29.2 Å². The van der Waals surface area contributed by atoms with Crippen molar-refractivity contribution in [2.24, 2.45) is 0 Å². The van der Waals surface area contributed by atoms with Crippen molar-refractivity contribution in [2.75, 3.05) is 7.05 Å². The summed E-state index contributed by atoms with van der Waals surface area (Å²) < 4.78 is 27.3. The first-order valence-electron chi connectivity index (χ1n) is 7.24. The summed E-state index contributed by atoms with van der Waals surface area (Å²) in [6, 6.07) is 7.36. The first-order chi connectivity index (χ1) is 9.46. The maximum atomic E-state index is 12.8. The fourth-order valence-electron chi connectivity index (χ4n) is 2.98. The van der Waals surface area contributed by atoms with Crippen molar-refractivity contribution in [2.45, 2.75) is 56.6 Å². The molecule has 0 saturated carbocycles. The third-order valence-electron chi connectivity index (χ3n) is 3.99. The molecule has 0 radical (unpaired) electrons. The summed E-state index contributed by atoms with van der Waals surface area (Å²) in [5.41, 5.74) is 1.09. The highest BCUT2D eigenvalue weighted by molar-refractivity contribution is 7.89. The lowest BCUT2D eigenvalue weighted by Crippen LogP contribution is -2.47. The monoisotopic (exact) mass is 296 g/mol. The third kappa shape index (κ3) is 3.05. The van der Waals surface area contributed by atoms with Crippen molar-refractivity contribution in [1.82, 2.24) is 9.62 Å². The summed E-state index contributed by atoms with van der Waals surface area (Å²) in [4.78, 5) is 0.401. The van der Waals surface area contributed by atoms with Gasteiger partial charge in [0, 0.05) is 18.6 Å². The van der Waals surface area contributed by atoms with Crippen LogP contribution in [0.4, 0.5) is 0 Å². The summed E-state index contributed by atoms with van der Waals surface area (Å²) in [6.07, 6.45) is 3.00. The molecule has 0 aliphatic carbocycles. The van der Waals surface area contributed by atoms with Gasteiger partial charge >= 0.3 is 0 Å². The smallest absolute Gasteiger partial charge is 0.243 e. The van der Waals surface area contributed by atoms with Gasteiger partial charge in [-0.2, -0.15) is 4.31 Å². The lowest BCUT2D eigenvalue weighted by Gasteiger charge is -2.37. The molecule has 5 heteroatoms. The normalized spacial score (nSPS) is 24.8. The number of benzene rings is 1. The van der Waals surface area contributed by atoms with E-state index in [1.165, 1.54) is 0 Å². The van der Waals surface area contributed by atoms with Gasteiger partial charge < -0.3 is 5.32 Å². The molecule has 1 aromatic carbocycles. The van der Waals surface area contributed by atoms with E-state index >= 15 is 0 Å². The predicted octanol–water partition coefficient (Wildman–Crippen LogP) is 2.36. The number of hydrogen-bond donors (Lipinski definition) is 1. The van der Waals surface area contributed by atoms with E-state index in [0.29, 0.717) is 4.90 Å². The molecule has 1 aliphatic rings. The zero-order chi connectivity index (χ0) is 14.8. The van der Waals surface area contributed by atoms with E-state index in [9.17, 15) is 8.42 Å². The van der Waals surface area contributed by atoms with E-state index in [0.717, 1.165) is 31.4 Å². The summed E-state index contributed by atoms with van der Waals surface area (Å²) in [7, 11) is -1.50. The van der Waals surface area contributed by atoms with Gasteiger partial charge in [-0.1, -0.05) is 18.6 Å². The van der Waals surface area contributed by atoms with Crippen LogP contribution in [0.3, 0.4) is 0 Å². The van der Waals surface area contributed by atoms with Crippen LogP contribution in [0.25, 0.3) is 0 Å². The number of nitrogens with zero attached hydrogens (tertiary/aromatic N) is 1. The van der Waals surface area contributed by atoms with Crippen molar-refractivity contribution in [3.8, 4) is 0 Å². The molecule has 1 fully saturated rings. The molecule has 0 bridgehead atoms. The highest BCUT2D eigenvalue weighted by Crippen LogP contribution is 2.29. The summed E-state index contributed by atoms with van der Waals surface area (Å²) in [5.74, 6) is 0. The van der Waals surface area contributed by atoms with Crippen molar-refractivity contribution in [1.29, 1.82) is 0 Å². The van der Waals surface area contributed by atoms with Crippen molar-refractivity contribution in [3.63, 3.8) is 0 Å². The van der Waals surface area contributed by atoms with Gasteiger partial charge in [-0.15, -0.1) is 0 Å². The lowest BCUT2D eigenvalue weighted by molar-refractivity contribution is 0.204. The maximum Gasteiger partial charge on any atom is 0.243 e. The fourth-order valence-corrected chi connectivity index (χ4v) is 4.86. The highest BCUT2D eigenvalue weighted by Gasteiger charge is 2.35. The average Bonchev–Trinajstić information content (AvgIpc) is 2.39. The summed E-state index contributed by atoms with van der Waals surface area (Å²) >= 11 is 0. The second-order valence-corrected chi connectivity index (χ2v) is 7.48. The van der Waals surface area contributed by atoms with E-state index in [4.69, 9.17) is 0 Å². The van der Waals surface area contributed by atoms with Crippen LogP contribution in [-0.4, -0.2) is 31.9 Å². The molecule has 2 unspecified atom stereocenters. The Morgan fingerprint density at radius 3 is 2.20 bits per heavy atom. The molecule has 1 N–H and O–H groups in total. The molecule has 112 valence electrons. The molecule has 1 aliphatic heterocycles. The Bertz CT molecular complexity index is 529. The largest absolute Gasteiger partial charge is 0.316 e. The minimum absolute atomic E-state index is 0.0840. The third-order valence-corrected chi connectivity index (χ3v) is 6.14. The van der Waals surface area contributed by atoms with Crippen LogP contribution in [-0.2, 0) is 16.6 Å². The molecule has 4 nitrogen and oxygen atoms in total. The minimum Gasteiger partial charge on any atom is -0.316 e. The van der Waals surface area contributed by atoms with E-state index in [1.807, 2.05) is 33.0 Å². The molecule has 0 amide bonds. The zero-order valence-electron chi connectivity index (χ0n) is 12.5. The van der Waals surface area contributed by atoms with Crippen molar-refractivity contribution < 1.29 is 8.42 Å². The van der Waals surface area contributed by atoms with Crippen LogP contribution in [0.1, 0.15) is 38.7 Å². The zero-order valence-corrected chi connectivity index (χ0v) is 13.3. The second kappa shape index (κ2) is 6.24. The number of piperidine rings is 1. The van der Waals surface area contributed by atoms with Gasteiger partial charge in [-0.3, -0.25) is 0 Å². The van der Waals surface area contributed by atoms with Crippen LogP contribution in [0.2, 0.25) is 0 Å². The van der Waals surface area contributed by atoms with Crippen LogP contribution in [0.5, 0.6) is 0 Å². The van der Waals surface area contributed by atoms with Crippen molar-refractivity contribution in [3.05, 3.63) is 29.8 Å². The molecule has 1 aromatic rings. The highest BCUT2D eigenvalue weighted by atomic mass is 32.2. The topological polar surface area (TPSA) is 49.4 Å². The standard InChI is InChI=1S/C15H24N2O2S/c1-12-5-4-6-13(2)17(12)20(18,19)15-9-7-14(8-10-15)11-16-3/h7-10,12-13,16H,4-6,11H2,1-3H3. The van der Waals surface area contributed by atoms with Crippen LogP contribution >= 0.6 is 0 Å². The van der Waals surface area contributed by atoms with E-state index in [1.54, 1.807) is 16.4 Å². The Morgan fingerprint density at radius 2 is 1.70 bits per heavy atom. The number of hydrogen-bond acceptors (Lipinski definition) is 3. The molecule has 1 heterocycles. The Hall–Kier alpha value is -0.910. The first kappa shape index (κ1) is 15.5. The predicted molar refractivity (Wildman–Crippen MR) is 81.0 cm³/mol. The Morgan fingerprint density at radius 1 is 1.15 bits per heavy atom. The number of sulfonamides is 1.